The van der Waals surface area contributed by atoms with E-state index in [0.717, 1.165) is 60.9 Å². The van der Waals surface area contributed by atoms with Crippen LogP contribution < -0.4 is 10.2 Å². The number of hydrogen-bond donors (Lipinski definition) is 2. The Morgan fingerprint density at radius 2 is 1.76 bits per heavy atom. The number of nitrogens with one attached hydrogen (secondary N) is 2. The maximum absolute atomic E-state index is 14.1. The Kier molecular flexibility index (Phi) is 5.22. The summed E-state index contributed by atoms with van der Waals surface area (Å²) in [4.78, 5) is 29.2. The Hall–Kier alpha value is -3.78. The quantitative estimate of drug-likeness (QED) is 0.492. The second-order valence-electron chi connectivity index (χ2n) is 8.87. The molecule has 1 fully saturated rings. The van der Waals surface area contributed by atoms with E-state index in [1.165, 1.54) is 17.7 Å². The van der Waals surface area contributed by atoms with Gasteiger partial charge in [-0.25, -0.2) is 14.4 Å². The number of benzene rings is 2. The molecule has 0 aliphatic carbocycles. The predicted molar refractivity (Wildman–Crippen MR) is 129 cm³/mol. The average Bonchev–Trinajstić information content (AvgIpc) is 3.14. The second kappa shape index (κ2) is 8.53. The lowest BCUT2D eigenvalue weighted by atomic mass is 9.99. The van der Waals surface area contributed by atoms with Crippen LogP contribution in [0.25, 0.3) is 22.2 Å². The maximum Gasteiger partial charge on any atom is 0.252 e. The number of hydrogen-bond acceptors (Lipinski definition) is 5. The summed E-state index contributed by atoms with van der Waals surface area (Å²) < 4.78 is 14.1. The number of rotatable bonds is 4. The van der Waals surface area contributed by atoms with Gasteiger partial charge in [0.1, 0.15) is 5.82 Å². The lowest BCUT2D eigenvalue weighted by Gasteiger charge is -2.34. The molecule has 0 spiro atoms. The number of amides is 1. The molecule has 2 N–H and O–H groups in total. The van der Waals surface area contributed by atoms with Gasteiger partial charge in [-0.2, -0.15) is 0 Å². The molecule has 1 amide bonds. The molecule has 2 aliphatic heterocycles. The van der Waals surface area contributed by atoms with Crippen LogP contribution in [0, 0.1) is 5.82 Å². The Labute approximate surface area is 196 Å². The van der Waals surface area contributed by atoms with E-state index in [2.05, 4.69) is 54.3 Å². The number of nitrogens with zero attached hydrogens (tertiary/aromatic N) is 4. The van der Waals surface area contributed by atoms with Gasteiger partial charge in [0.15, 0.2) is 0 Å². The van der Waals surface area contributed by atoms with Gasteiger partial charge in [-0.1, -0.05) is 24.3 Å². The van der Waals surface area contributed by atoms with Gasteiger partial charge >= 0.3 is 0 Å². The molecule has 2 aliphatic rings. The smallest absolute Gasteiger partial charge is 0.252 e. The topological polar surface area (TPSA) is 77.2 Å². The van der Waals surface area contributed by atoms with Crippen LogP contribution in [0.5, 0.6) is 0 Å². The molecular formula is C26H25FN6O. The molecule has 8 heteroatoms. The normalized spacial score (nSPS) is 16.5. The van der Waals surface area contributed by atoms with Crippen molar-refractivity contribution in [2.24, 2.45) is 0 Å². The summed E-state index contributed by atoms with van der Waals surface area (Å²) in [6, 6.07) is 13.2. The highest BCUT2D eigenvalue weighted by Crippen LogP contribution is 2.35. The third-order valence-corrected chi connectivity index (χ3v) is 6.73. The van der Waals surface area contributed by atoms with Gasteiger partial charge in [0.2, 0.25) is 5.95 Å². The van der Waals surface area contributed by atoms with Gasteiger partial charge in [0, 0.05) is 68.3 Å². The van der Waals surface area contributed by atoms with Gasteiger partial charge in [0.25, 0.3) is 5.91 Å². The monoisotopic (exact) mass is 456 g/mol. The molecule has 0 bridgehead atoms. The van der Waals surface area contributed by atoms with Crippen molar-refractivity contribution in [3.8, 4) is 11.3 Å². The highest BCUT2D eigenvalue weighted by Gasteiger charge is 2.24. The van der Waals surface area contributed by atoms with Crippen molar-refractivity contribution in [1.29, 1.82) is 0 Å². The number of carbonyl (C=O) groups excluding carboxylic acids is 1. The van der Waals surface area contributed by atoms with Crippen LogP contribution in [0.3, 0.4) is 0 Å². The van der Waals surface area contributed by atoms with Crippen molar-refractivity contribution >= 4 is 22.8 Å². The van der Waals surface area contributed by atoms with Crippen LogP contribution in [0.1, 0.15) is 21.5 Å². The molecule has 172 valence electrons. The van der Waals surface area contributed by atoms with Crippen molar-refractivity contribution in [3.05, 3.63) is 77.4 Å². The minimum atomic E-state index is -0.409. The Bertz CT molecular complexity index is 1340. The first kappa shape index (κ1) is 20.8. The van der Waals surface area contributed by atoms with Gasteiger partial charge in [-0.3, -0.25) is 9.69 Å². The highest BCUT2D eigenvalue weighted by molar-refractivity contribution is 6.10. The van der Waals surface area contributed by atoms with E-state index in [9.17, 15) is 9.18 Å². The molecule has 7 nitrogen and oxygen atoms in total. The first-order valence-corrected chi connectivity index (χ1v) is 11.6. The summed E-state index contributed by atoms with van der Waals surface area (Å²) in [6.45, 7) is 5.16. The second-order valence-corrected chi connectivity index (χ2v) is 8.87. The molecule has 1 saturated heterocycles. The van der Waals surface area contributed by atoms with Gasteiger partial charge < -0.3 is 15.2 Å². The summed E-state index contributed by atoms with van der Waals surface area (Å²) >= 11 is 0. The first-order chi connectivity index (χ1) is 16.7. The van der Waals surface area contributed by atoms with Gasteiger partial charge in [-0.15, -0.1) is 0 Å². The largest absolute Gasteiger partial charge is 0.354 e. The lowest BCUT2D eigenvalue weighted by molar-refractivity contribution is 0.0957. The molecule has 4 heterocycles. The van der Waals surface area contributed by atoms with E-state index < -0.39 is 5.82 Å². The summed E-state index contributed by atoms with van der Waals surface area (Å²) in [5.41, 5.74) is 5.39. The van der Waals surface area contributed by atoms with Gasteiger partial charge in [-0.05, 0) is 41.3 Å². The number of halogens is 1. The summed E-state index contributed by atoms with van der Waals surface area (Å²) in [5.74, 6) is 0.167. The van der Waals surface area contributed by atoms with Crippen LogP contribution in [0.4, 0.5) is 10.3 Å². The molecule has 0 unspecified atom stereocenters. The number of piperazine rings is 1. The molecule has 0 atom stereocenters. The number of carbonyl (C=O) groups is 1. The molecule has 34 heavy (non-hydrogen) atoms. The predicted octanol–water partition coefficient (Wildman–Crippen LogP) is 3.37. The van der Waals surface area contributed by atoms with Crippen LogP contribution in [0.15, 0.2) is 54.9 Å². The van der Waals surface area contributed by atoms with Crippen molar-refractivity contribution in [3.63, 3.8) is 0 Å². The van der Waals surface area contributed by atoms with E-state index >= 15 is 0 Å². The van der Waals surface area contributed by atoms with E-state index in [1.54, 1.807) is 12.4 Å². The molecule has 0 saturated carbocycles. The van der Waals surface area contributed by atoms with Crippen LogP contribution in [-0.4, -0.2) is 58.5 Å². The fourth-order valence-corrected chi connectivity index (χ4v) is 5.03. The number of aromatic nitrogens is 3. The third kappa shape index (κ3) is 3.80. The zero-order valence-corrected chi connectivity index (χ0v) is 18.7. The zero-order chi connectivity index (χ0) is 23.1. The lowest BCUT2D eigenvalue weighted by Crippen LogP contribution is -2.46. The fraction of sp³-hybridized carbons (Fsp3) is 0.269. The minimum Gasteiger partial charge on any atom is -0.354 e. The molecule has 2 aromatic heterocycles. The van der Waals surface area contributed by atoms with E-state index in [4.69, 9.17) is 0 Å². The number of anilines is 1. The van der Waals surface area contributed by atoms with Gasteiger partial charge in [0.05, 0.1) is 5.56 Å². The fourth-order valence-electron chi connectivity index (χ4n) is 5.03. The Morgan fingerprint density at radius 3 is 2.53 bits per heavy atom. The SMILES string of the molecule is O=C1NCCc2c(-c3ccc(CN4CCN(c5ncccn5)CC4)cc3)[nH]c3cc(F)cc1c23. The van der Waals surface area contributed by atoms with Crippen LogP contribution in [-0.2, 0) is 13.0 Å². The summed E-state index contributed by atoms with van der Waals surface area (Å²) in [7, 11) is 0. The maximum atomic E-state index is 14.1. The molecule has 6 rings (SSSR count). The summed E-state index contributed by atoms with van der Waals surface area (Å²) in [6.07, 6.45) is 4.27. The molecule has 2 aromatic carbocycles. The number of aromatic amines is 1. The van der Waals surface area contributed by atoms with Crippen molar-refractivity contribution < 1.29 is 9.18 Å². The third-order valence-electron chi connectivity index (χ3n) is 6.73. The Balaban J connectivity index is 1.20. The highest BCUT2D eigenvalue weighted by atomic mass is 19.1. The number of H-pyrrole nitrogens is 1. The molecule has 0 radical (unpaired) electrons. The average molecular weight is 457 g/mol. The van der Waals surface area contributed by atoms with E-state index in [1.807, 2.05) is 6.07 Å². The standard InChI is InChI=1S/C26H25FN6O/c27-19-14-21-23-20(6-9-28-25(21)34)24(31-22(23)15-19)18-4-2-17(3-5-18)16-32-10-12-33(13-11-32)26-29-7-1-8-30-26/h1-5,7-8,14-15,31H,6,9-13,16H2,(H,28,34). The van der Waals surface area contributed by atoms with E-state index in [-0.39, 0.29) is 5.91 Å². The van der Waals surface area contributed by atoms with E-state index in [0.29, 0.717) is 24.0 Å². The van der Waals surface area contributed by atoms with Crippen molar-refractivity contribution in [1.82, 2.24) is 25.2 Å². The zero-order valence-electron chi connectivity index (χ0n) is 18.7. The summed E-state index contributed by atoms with van der Waals surface area (Å²) in [5, 5.41) is 3.70. The minimum absolute atomic E-state index is 0.219. The Morgan fingerprint density at radius 1 is 1.00 bits per heavy atom. The molecular weight excluding hydrogens is 431 g/mol. The van der Waals surface area contributed by atoms with Crippen LogP contribution >= 0.6 is 0 Å². The van der Waals surface area contributed by atoms with Crippen LogP contribution in [0.2, 0.25) is 0 Å². The van der Waals surface area contributed by atoms with Crippen molar-refractivity contribution in [2.45, 2.75) is 13.0 Å². The molecule has 4 aromatic rings. The first-order valence-electron chi connectivity index (χ1n) is 11.6. The van der Waals surface area contributed by atoms with Crippen molar-refractivity contribution in [2.75, 3.05) is 37.6 Å².